The van der Waals surface area contributed by atoms with Crippen molar-refractivity contribution in [2.45, 2.75) is 25.8 Å². The fourth-order valence-corrected chi connectivity index (χ4v) is 4.83. The molecule has 0 radical (unpaired) electrons. The molecule has 4 rings (SSSR count). The fraction of sp³-hybridized carbons (Fsp3) is 0.333. The van der Waals surface area contributed by atoms with Gasteiger partial charge in [-0.2, -0.15) is 0 Å². The third-order valence-corrected chi connectivity index (χ3v) is 6.52. The van der Waals surface area contributed by atoms with Crippen molar-refractivity contribution in [2.24, 2.45) is 11.1 Å². The van der Waals surface area contributed by atoms with Crippen molar-refractivity contribution in [3.05, 3.63) is 78.1 Å². The number of carbonyl (C=O) groups is 1. The van der Waals surface area contributed by atoms with E-state index >= 15 is 0 Å². The molecule has 172 valence electrons. The highest BCUT2D eigenvalue weighted by Crippen LogP contribution is 2.36. The molecule has 2 heterocycles. The lowest BCUT2D eigenvalue weighted by Crippen LogP contribution is -2.51. The van der Waals surface area contributed by atoms with E-state index in [0.717, 1.165) is 48.2 Å². The Hall–Kier alpha value is -3.38. The summed E-state index contributed by atoms with van der Waals surface area (Å²) in [6.07, 6.45) is 5.94. The average molecular weight is 446 g/mol. The first kappa shape index (κ1) is 22.8. The quantitative estimate of drug-likeness (QED) is 0.565. The van der Waals surface area contributed by atoms with Crippen molar-refractivity contribution in [2.75, 3.05) is 27.3 Å². The molecule has 33 heavy (non-hydrogen) atoms. The van der Waals surface area contributed by atoms with E-state index in [-0.39, 0.29) is 5.91 Å². The van der Waals surface area contributed by atoms with Gasteiger partial charge in [0.05, 0.1) is 19.6 Å². The molecule has 1 atom stereocenters. The zero-order valence-electron chi connectivity index (χ0n) is 19.3. The van der Waals surface area contributed by atoms with E-state index in [0.29, 0.717) is 24.5 Å². The molecule has 1 amide bonds. The molecule has 1 fully saturated rings. The van der Waals surface area contributed by atoms with Crippen LogP contribution in [0.2, 0.25) is 0 Å². The van der Waals surface area contributed by atoms with E-state index in [1.165, 1.54) is 0 Å². The van der Waals surface area contributed by atoms with Crippen LogP contribution in [0.25, 0.3) is 11.1 Å². The van der Waals surface area contributed by atoms with Gasteiger partial charge in [0, 0.05) is 25.5 Å². The minimum Gasteiger partial charge on any atom is -0.493 e. The summed E-state index contributed by atoms with van der Waals surface area (Å²) in [5.74, 6) is 1.19. The number of primary amides is 1. The summed E-state index contributed by atoms with van der Waals surface area (Å²) in [5, 5.41) is 0. The molecule has 1 unspecified atom stereocenters. The summed E-state index contributed by atoms with van der Waals surface area (Å²) in [5.41, 5.74) is 9.90. The van der Waals surface area contributed by atoms with Crippen molar-refractivity contribution >= 4 is 5.91 Å². The Kier molecular flexibility index (Phi) is 6.94. The summed E-state index contributed by atoms with van der Waals surface area (Å²) in [7, 11) is 3.27. The topological polar surface area (TPSA) is 77.7 Å². The fourth-order valence-electron chi connectivity index (χ4n) is 4.83. The largest absolute Gasteiger partial charge is 0.493 e. The van der Waals surface area contributed by atoms with Crippen LogP contribution in [0.5, 0.6) is 11.5 Å². The van der Waals surface area contributed by atoms with Crippen LogP contribution in [0, 0.1) is 5.41 Å². The summed E-state index contributed by atoms with van der Waals surface area (Å²) in [4.78, 5) is 19.2. The van der Waals surface area contributed by atoms with E-state index in [9.17, 15) is 4.79 Å². The first-order chi connectivity index (χ1) is 16.0. The number of hydrogen-bond donors (Lipinski definition) is 1. The van der Waals surface area contributed by atoms with E-state index in [1.807, 2.05) is 36.4 Å². The van der Waals surface area contributed by atoms with Gasteiger partial charge in [0.25, 0.3) is 0 Å². The van der Waals surface area contributed by atoms with E-state index in [2.05, 4.69) is 28.1 Å². The molecule has 0 bridgehead atoms. The van der Waals surface area contributed by atoms with Crippen LogP contribution in [0.1, 0.15) is 24.0 Å². The number of carbonyl (C=O) groups excluding carboxylic acids is 1. The highest BCUT2D eigenvalue weighted by atomic mass is 16.5. The Morgan fingerprint density at radius 1 is 1.00 bits per heavy atom. The van der Waals surface area contributed by atoms with Crippen LogP contribution < -0.4 is 15.2 Å². The number of benzene rings is 2. The van der Waals surface area contributed by atoms with Crippen LogP contribution in [-0.2, 0) is 17.8 Å². The molecule has 1 saturated heterocycles. The van der Waals surface area contributed by atoms with Gasteiger partial charge >= 0.3 is 0 Å². The normalized spacial score (nSPS) is 18.6. The minimum atomic E-state index is -0.592. The van der Waals surface area contributed by atoms with Crippen LogP contribution in [0.15, 0.2) is 67.0 Å². The summed E-state index contributed by atoms with van der Waals surface area (Å²) in [6, 6.07) is 18.3. The molecular weight excluding hydrogens is 414 g/mol. The van der Waals surface area contributed by atoms with Gasteiger partial charge in [-0.3, -0.25) is 14.7 Å². The Labute approximate surface area is 195 Å². The van der Waals surface area contributed by atoms with Crippen molar-refractivity contribution in [1.82, 2.24) is 9.88 Å². The van der Waals surface area contributed by atoms with Gasteiger partial charge in [-0.05, 0) is 72.3 Å². The van der Waals surface area contributed by atoms with Gasteiger partial charge in [0.2, 0.25) is 5.91 Å². The highest BCUT2D eigenvalue weighted by molar-refractivity contribution is 5.81. The second-order valence-electron chi connectivity index (χ2n) is 8.76. The Morgan fingerprint density at radius 2 is 1.79 bits per heavy atom. The maximum absolute atomic E-state index is 12.8. The predicted molar refractivity (Wildman–Crippen MR) is 129 cm³/mol. The predicted octanol–water partition coefficient (Wildman–Crippen LogP) is 4.08. The molecule has 0 aliphatic carbocycles. The number of amides is 1. The van der Waals surface area contributed by atoms with Crippen LogP contribution in [0.3, 0.4) is 0 Å². The van der Waals surface area contributed by atoms with Gasteiger partial charge in [0.1, 0.15) is 0 Å². The molecule has 1 aliphatic heterocycles. The first-order valence-corrected chi connectivity index (χ1v) is 11.3. The number of nitrogens with two attached hydrogens (primary N) is 1. The third-order valence-electron chi connectivity index (χ3n) is 6.52. The maximum Gasteiger partial charge on any atom is 0.225 e. The number of methoxy groups -OCH3 is 2. The molecule has 0 spiro atoms. The molecule has 2 N–H and O–H groups in total. The van der Waals surface area contributed by atoms with Crippen LogP contribution in [0.4, 0.5) is 0 Å². The van der Waals surface area contributed by atoms with E-state index in [1.54, 1.807) is 26.6 Å². The Bertz CT molecular complexity index is 1100. The number of pyridine rings is 1. The van der Waals surface area contributed by atoms with E-state index < -0.39 is 5.41 Å². The lowest BCUT2D eigenvalue weighted by atomic mass is 9.74. The van der Waals surface area contributed by atoms with Crippen molar-refractivity contribution in [1.29, 1.82) is 0 Å². The number of nitrogens with zero attached hydrogens (tertiary/aromatic N) is 2. The number of likely N-dealkylation sites (tertiary alicyclic amines) is 1. The molecule has 2 aromatic carbocycles. The number of piperidine rings is 1. The molecule has 3 aromatic rings. The van der Waals surface area contributed by atoms with Crippen LogP contribution in [-0.4, -0.2) is 43.1 Å². The summed E-state index contributed by atoms with van der Waals surface area (Å²) < 4.78 is 10.8. The highest BCUT2D eigenvalue weighted by Gasteiger charge is 2.40. The lowest BCUT2D eigenvalue weighted by Gasteiger charge is -2.41. The number of rotatable bonds is 8. The second-order valence-corrected chi connectivity index (χ2v) is 8.76. The molecule has 1 aromatic heterocycles. The summed E-state index contributed by atoms with van der Waals surface area (Å²) in [6.45, 7) is 2.29. The van der Waals surface area contributed by atoms with Gasteiger partial charge < -0.3 is 15.2 Å². The molecular formula is C27H31N3O3. The first-order valence-electron chi connectivity index (χ1n) is 11.3. The van der Waals surface area contributed by atoms with Crippen molar-refractivity contribution in [3.8, 4) is 22.6 Å². The average Bonchev–Trinajstić information content (AvgIpc) is 2.85. The zero-order valence-corrected chi connectivity index (χ0v) is 19.3. The third kappa shape index (κ3) is 5.17. The van der Waals surface area contributed by atoms with Gasteiger partial charge in [-0.1, -0.05) is 30.3 Å². The number of aromatic nitrogens is 1. The second kappa shape index (κ2) is 10.0. The monoisotopic (exact) mass is 445 g/mol. The molecule has 1 aliphatic rings. The van der Waals surface area contributed by atoms with Crippen molar-refractivity contribution < 1.29 is 14.3 Å². The van der Waals surface area contributed by atoms with E-state index in [4.69, 9.17) is 15.2 Å². The number of ether oxygens (including phenoxy) is 2. The maximum atomic E-state index is 12.8. The van der Waals surface area contributed by atoms with Crippen molar-refractivity contribution in [3.63, 3.8) is 0 Å². The minimum absolute atomic E-state index is 0.228. The summed E-state index contributed by atoms with van der Waals surface area (Å²) >= 11 is 0. The van der Waals surface area contributed by atoms with Gasteiger partial charge in [-0.25, -0.2) is 0 Å². The molecule has 6 nitrogen and oxygen atoms in total. The SMILES string of the molecule is COc1ccc(CN2CCCC(Cc3cccc(-c4ccncc4)c3)(C(N)=O)C2)cc1OC. The van der Waals surface area contributed by atoms with Crippen LogP contribution >= 0.6 is 0 Å². The van der Waals surface area contributed by atoms with Gasteiger partial charge in [-0.15, -0.1) is 0 Å². The lowest BCUT2D eigenvalue weighted by molar-refractivity contribution is -0.131. The molecule has 6 heteroatoms. The number of hydrogen-bond acceptors (Lipinski definition) is 5. The van der Waals surface area contributed by atoms with Gasteiger partial charge in [0.15, 0.2) is 11.5 Å². The Balaban J connectivity index is 1.53. The smallest absolute Gasteiger partial charge is 0.225 e. The Morgan fingerprint density at radius 3 is 2.52 bits per heavy atom. The zero-order chi connectivity index (χ0) is 23.3. The standard InChI is InChI=1S/C27H31N3O3/c1-32-24-8-7-21(16-25(24)33-2)18-30-14-4-11-27(19-30,26(28)31)17-20-5-3-6-23(15-20)22-9-12-29-13-10-22/h3,5-10,12-13,15-16H,4,11,14,17-19H2,1-2H3,(H2,28,31). The molecule has 0 saturated carbocycles.